The predicted molar refractivity (Wildman–Crippen MR) is 110 cm³/mol. The van der Waals surface area contributed by atoms with Crippen molar-refractivity contribution in [3.8, 4) is 11.3 Å². The Labute approximate surface area is 175 Å². The summed E-state index contributed by atoms with van der Waals surface area (Å²) in [6.45, 7) is -0.0362. The van der Waals surface area contributed by atoms with Gasteiger partial charge in [0.05, 0.1) is 27.6 Å². The number of aromatic nitrogens is 1. The van der Waals surface area contributed by atoms with E-state index in [1.165, 1.54) is 30.3 Å². The van der Waals surface area contributed by atoms with E-state index in [9.17, 15) is 13.6 Å². The third kappa shape index (κ3) is 4.55. The maximum absolute atomic E-state index is 13.7. The monoisotopic (exact) mass is 439 g/mol. The van der Waals surface area contributed by atoms with E-state index in [0.29, 0.717) is 22.5 Å². The molecule has 0 saturated heterocycles. The molecule has 0 fully saturated rings. The van der Waals surface area contributed by atoms with E-state index >= 15 is 0 Å². The number of nitrogens with one attached hydrogen (secondary N) is 1. The molecule has 0 aliphatic heterocycles. The molecule has 0 aliphatic carbocycles. The van der Waals surface area contributed by atoms with Gasteiger partial charge in [0.1, 0.15) is 11.6 Å². The summed E-state index contributed by atoms with van der Waals surface area (Å²) >= 11 is 16.2. The van der Waals surface area contributed by atoms with Crippen LogP contribution < -0.4 is 9.62 Å². The molecular formula is C19H13Cl2F2N3OS. The first-order chi connectivity index (χ1) is 13.4. The molecule has 28 heavy (non-hydrogen) atoms. The van der Waals surface area contributed by atoms with Gasteiger partial charge in [-0.3, -0.25) is 4.98 Å². The summed E-state index contributed by atoms with van der Waals surface area (Å²) in [6.07, 6.45) is 1.06. The smallest absolute Gasteiger partial charge is 0.332 e. The lowest BCUT2D eigenvalue weighted by Gasteiger charge is -2.19. The molecule has 1 aromatic heterocycles. The third-order valence-electron chi connectivity index (χ3n) is 3.83. The Balaban J connectivity index is 1.80. The highest BCUT2D eigenvalue weighted by Crippen LogP contribution is 2.33. The normalized spacial score (nSPS) is 10.6. The van der Waals surface area contributed by atoms with Gasteiger partial charge in [0, 0.05) is 17.7 Å². The standard InChI is InChI=1S/C19H13Cl2F2N3OS/c20-15-2-1-3-16(17(15)21)26(28)19(27)25-9-12-8-14(23)10-24-18(12)11-4-6-13(22)7-5-11/h1-8,10,28H,9H2,(H,25,27). The molecule has 0 aliphatic rings. The molecule has 0 radical (unpaired) electrons. The molecule has 0 atom stereocenters. The third-order valence-corrected chi connectivity index (χ3v) is 5.04. The lowest BCUT2D eigenvalue weighted by atomic mass is 10.1. The summed E-state index contributed by atoms with van der Waals surface area (Å²) < 4.78 is 27.8. The number of hydrogen-bond acceptors (Lipinski definition) is 3. The Bertz CT molecular complexity index is 1020. The number of hydrogen-bond donors (Lipinski definition) is 2. The van der Waals surface area contributed by atoms with Crippen LogP contribution in [0.25, 0.3) is 11.3 Å². The van der Waals surface area contributed by atoms with E-state index in [4.69, 9.17) is 23.2 Å². The van der Waals surface area contributed by atoms with Crippen molar-refractivity contribution in [2.24, 2.45) is 0 Å². The number of pyridine rings is 1. The highest BCUT2D eigenvalue weighted by atomic mass is 35.5. The average molecular weight is 440 g/mol. The number of carbonyl (C=O) groups excluding carboxylic acids is 1. The van der Waals surface area contributed by atoms with Crippen LogP contribution in [0.15, 0.2) is 54.7 Å². The Morgan fingerprint density at radius 1 is 1.11 bits per heavy atom. The number of urea groups is 1. The van der Waals surface area contributed by atoms with E-state index in [2.05, 4.69) is 23.1 Å². The van der Waals surface area contributed by atoms with Gasteiger partial charge in [0.2, 0.25) is 0 Å². The molecule has 144 valence electrons. The van der Waals surface area contributed by atoms with Crippen LogP contribution in [0.4, 0.5) is 19.3 Å². The molecule has 0 bridgehead atoms. The minimum absolute atomic E-state index is 0.0362. The molecule has 3 aromatic rings. The quantitative estimate of drug-likeness (QED) is 0.497. The zero-order valence-corrected chi connectivity index (χ0v) is 16.6. The van der Waals surface area contributed by atoms with Crippen molar-refractivity contribution in [1.29, 1.82) is 0 Å². The Morgan fingerprint density at radius 3 is 2.54 bits per heavy atom. The molecule has 4 nitrogen and oxygen atoms in total. The van der Waals surface area contributed by atoms with Crippen LogP contribution in [-0.2, 0) is 6.54 Å². The lowest BCUT2D eigenvalue weighted by Crippen LogP contribution is -2.34. The van der Waals surface area contributed by atoms with Crippen molar-refractivity contribution in [3.63, 3.8) is 0 Å². The minimum atomic E-state index is -0.596. The van der Waals surface area contributed by atoms with E-state index < -0.39 is 17.7 Å². The number of anilines is 1. The van der Waals surface area contributed by atoms with Gasteiger partial charge in [-0.15, -0.1) is 0 Å². The van der Waals surface area contributed by atoms with Crippen LogP contribution in [0.2, 0.25) is 10.0 Å². The molecule has 0 spiro atoms. The fourth-order valence-electron chi connectivity index (χ4n) is 2.49. The van der Waals surface area contributed by atoms with Crippen molar-refractivity contribution in [2.45, 2.75) is 6.54 Å². The van der Waals surface area contributed by atoms with Crippen molar-refractivity contribution in [3.05, 3.63) is 82.0 Å². The number of thiol groups is 1. The molecule has 2 aromatic carbocycles. The van der Waals surface area contributed by atoms with Crippen LogP contribution in [0.1, 0.15) is 5.56 Å². The molecule has 1 heterocycles. The van der Waals surface area contributed by atoms with Gasteiger partial charge in [-0.2, -0.15) is 0 Å². The number of carbonyl (C=O) groups is 1. The second-order valence-corrected chi connectivity index (χ2v) is 6.90. The van der Waals surface area contributed by atoms with Gasteiger partial charge in [-0.1, -0.05) is 42.1 Å². The number of halogens is 4. The average Bonchev–Trinajstić information content (AvgIpc) is 2.68. The fraction of sp³-hybridized carbons (Fsp3) is 0.0526. The van der Waals surface area contributed by atoms with E-state index in [1.54, 1.807) is 18.2 Å². The van der Waals surface area contributed by atoms with E-state index in [0.717, 1.165) is 10.5 Å². The number of rotatable bonds is 4. The minimum Gasteiger partial charge on any atom is -0.333 e. The summed E-state index contributed by atoms with van der Waals surface area (Å²) in [6, 6.07) is 11.1. The van der Waals surface area contributed by atoms with Crippen molar-refractivity contribution >= 4 is 47.7 Å². The Kier molecular flexibility index (Phi) is 6.39. The van der Waals surface area contributed by atoms with Crippen LogP contribution in [0.5, 0.6) is 0 Å². The van der Waals surface area contributed by atoms with Gasteiger partial charge >= 0.3 is 6.03 Å². The van der Waals surface area contributed by atoms with E-state index in [1.807, 2.05) is 0 Å². The fourth-order valence-corrected chi connectivity index (χ4v) is 3.17. The van der Waals surface area contributed by atoms with Crippen LogP contribution >= 0.6 is 36.0 Å². The van der Waals surface area contributed by atoms with Gasteiger partial charge in [-0.25, -0.2) is 17.9 Å². The number of nitrogens with zero attached hydrogens (tertiary/aromatic N) is 2. The largest absolute Gasteiger partial charge is 0.333 e. The maximum Gasteiger partial charge on any atom is 0.332 e. The predicted octanol–water partition coefficient (Wildman–Crippen LogP) is 5.89. The summed E-state index contributed by atoms with van der Waals surface area (Å²) in [5, 5.41) is 3.07. The molecule has 3 rings (SSSR count). The van der Waals surface area contributed by atoms with Gasteiger partial charge in [0.15, 0.2) is 0 Å². The van der Waals surface area contributed by atoms with Gasteiger partial charge < -0.3 is 5.32 Å². The van der Waals surface area contributed by atoms with Gasteiger partial charge in [-0.05, 0) is 42.5 Å². The van der Waals surface area contributed by atoms with Crippen molar-refractivity contribution in [2.75, 3.05) is 4.31 Å². The first-order valence-electron chi connectivity index (χ1n) is 7.98. The molecule has 1 N–H and O–H groups in total. The molecule has 9 heteroatoms. The number of amides is 2. The number of benzene rings is 2. The second kappa shape index (κ2) is 8.77. The van der Waals surface area contributed by atoms with Crippen molar-refractivity contribution < 1.29 is 13.6 Å². The molecular weight excluding hydrogens is 427 g/mol. The lowest BCUT2D eigenvalue weighted by molar-refractivity contribution is 0.249. The summed E-state index contributed by atoms with van der Waals surface area (Å²) in [7, 11) is 0. The van der Waals surface area contributed by atoms with Crippen LogP contribution in [-0.4, -0.2) is 11.0 Å². The first kappa shape index (κ1) is 20.4. The zero-order valence-electron chi connectivity index (χ0n) is 14.2. The molecule has 0 saturated carbocycles. The zero-order chi connectivity index (χ0) is 20.3. The Hall–Kier alpha value is -2.35. The highest BCUT2D eigenvalue weighted by Gasteiger charge is 2.17. The first-order valence-corrected chi connectivity index (χ1v) is 9.13. The Morgan fingerprint density at radius 2 is 1.82 bits per heavy atom. The maximum atomic E-state index is 13.7. The molecule has 2 amide bonds. The van der Waals surface area contributed by atoms with E-state index in [-0.39, 0.29) is 16.6 Å². The van der Waals surface area contributed by atoms with Gasteiger partial charge in [0.25, 0.3) is 0 Å². The van der Waals surface area contributed by atoms with Crippen LogP contribution in [0, 0.1) is 11.6 Å². The summed E-state index contributed by atoms with van der Waals surface area (Å²) in [5.74, 6) is -0.958. The highest BCUT2D eigenvalue weighted by molar-refractivity contribution is 7.82. The second-order valence-electron chi connectivity index (χ2n) is 5.71. The summed E-state index contributed by atoms with van der Waals surface area (Å²) in [4.78, 5) is 16.5. The van der Waals surface area contributed by atoms with Crippen LogP contribution in [0.3, 0.4) is 0 Å². The SMILES string of the molecule is O=C(NCc1cc(F)cnc1-c1ccc(F)cc1)N(S)c1cccc(Cl)c1Cl. The topological polar surface area (TPSA) is 45.2 Å². The van der Waals surface area contributed by atoms with Crippen molar-refractivity contribution in [1.82, 2.24) is 10.3 Å². The summed E-state index contributed by atoms with van der Waals surface area (Å²) in [5.41, 5.74) is 1.73. The molecule has 0 unspecified atom stereocenters.